The van der Waals surface area contributed by atoms with Gasteiger partial charge in [0.05, 0.1) is 6.20 Å². The van der Waals surface area contributed by atoms with Crippen molar-refractivity contribution in [1.29, 1.82) is 0 Å². The molecule has 2 aromatic rings. The average Bonchev–Trinajstić information content (AvgIpc) is 2.76. The van der Waals surface area contributed by atoms with Gasteiger partial charge < -0.3 is 4.90 Å². The van der Waals surface area contributed by atoms with Gasteiger partial charge in [-0.15, -0.1) is 10.2 Å². The quantitative estimate of drug-likeness (QED) is 0.830. The molecular weight excluding hydrogens is 246 g/mol. The van der Waals surface area contributed by atoms with E-state index in [2.05, 4.69) is 25.1 Å². The predicted octanol–water partition coefficient (Wildman–Crippen LogP) is 2.38. The summed E-state index contributed by atoms with van der Waals surface area (Å²) in [5.74, 6) is 0. The lowest BCUT2D eigenvalue weighted by atomic mass is 10.2. The highest BCUT2D eigenvalue weighted by molar-refractivity contribution is 7.18. The van der Waals surface area contributed by atoms with E-state index in [-0.39, 0.29) is 0 Å². The van der Waals surface area contributed by atoms with Crippen LogP contribution in [0.2, 0.25) is 0 Å². The lowest BCUT2D eigenvalue weighted by Crippen LogP contribution is -2.23. The molecule has 94 valence electrons. The molecule has 0 unspecified atom stereocenters. The van der Waals surface area contributed by atoms with Gasteiger partial charge in [-0.2, -0.15) is 0 Å². The summed E-state index contributed by atoms with van der Waals surface area (Å²) in [4.78, 5) is 10.7. The molecule has 0 amide bonds. The minimum atomic E-state index is 0.802. The third-order valence-corrected chi connectivity index (χ3v) is 4.08. The third-order valence-electron chi connectivity index (χ3n) is 3.07. The molecule has 1 aliphatic rings. The summed E-state index contributed by atoms with van der Waals surface area (Å²) in [5, 5.41) is 10.4. The van der Waals surface area contributed by atoms with Gasteiger partial charge >= 0.3 is 0 Å². The average molecular weight is 261 g/mol. The van der Waals surface area contributed by atoms with E-state index in [4.69, 9.17) is 0 Å². The van der Waals surface area contributed by atoms with Crippen LogP contribution in [0.3, 0.4) is 0 Å². The topological polar surface area (TPSA) is 54.8 Å². The standard InChI is InChI=1S/C12H15N5S/c1-2-4-8-17(7-3-1)12-16-15-11(18-12)10-9-13-5-6-14-10/h5-6,9H,1-4,7-8H2. The molecule has 2 aromatic heterocycles. The highest BCUT2D eigenvalue weighted by Crippen LogP contribution is 2.28. The van der Waals surface area contributed by atoms with Crippen molar-refractivity contribution in [2.45, 2.75) is 25.7 Å². The molecule has 0 aromatic carbocycles. The van der Waals surface area contributed by atoms with Gasteiger partial charge in [-0.05, 0) is 12.8 Å². The van der Waals surface area contributed by atoms with Gasteiger partial charge in [-0.3, -0.25) is 9.97 Å². The summed E-state index contributed by atoms with van der Waals surface area (Å²) in [6.07, 6.45) is 10.2. The van der Waals surface area contributed by atoms with E-state index >= 15 is 0 Å². The van der Waals surface area contributed by atoms with Crippen molar-refractivity contribution in [2.75, 3.05) is 18.0 Å². The second-order valence-corrected chi connectivity index (χ2v) is 5.34. The van der Waals surface area contributed by atoms with Crippen LogP contribution < -0.4 is 4.90 Å². The molecule has 0 atom stereocenters. The zero-order chi connectivity index (χ0) is 12.2. The molecule has 3 rings (SSSR count). The summed E-state index contributed by atoms with van der Waals surface area (Å²) < 4.78 is 0. The summed E-state index contributed by atoms with van der Waals surface area (Å²) in [6.45, 7) is 2.18. The predicted molar refractivity (Wildman–Crippen MR) is 71.6 cm³/mol. The number of hydrogen-bond acceptors (Lipinski definition) is 6. The largest absolute Gasteiger partial charge is 0.347 e. The molecule has 0 saturated carbocycles. The fourth-order valence-corrected chi connectivity index (χ4v) is 2.98. The van der Waals surface area contributed by atoms with Crippen LogP contribution in [-0.4, -0.2) is 33.3 Å². The van der Waals surface area contributed by atoms with Gasteiger partial charge in [-0.1, -0.05) is 24.2 Å². The second kappa shape index (κ2) is 5.39. The van der Waals surface area contributed by atoms with Gasteiger partial charge in [0, 0.05) is 25.5 Å². The van der Waals surface area contributed by atoms with Crippen LogP contribution in [0, 0.1) is 0 Å². The normalized spacial score (nSPS) is 16.6. The van der Waals surface area contributed by atoms with Crippen LogP contribution in [0.25, 0.3) is 10.7 Å². The SMILES string of the molecule is c1cnc(-c2nnc(N3CCCCCC3)s2)cn1. The summed E-state index contributed by atoms with van der Waals surface area (Å²) in [6, 6.07) is 0. The second-order valence-electron chi connectivity index (χ2n) is 4.38. The molecule has 0 N–H and O–H groups in total. The molecule has 1 fully saturated rings. The maximum absolute atomic E-state index is 4.28. The van der Waals surface area contributed by atoms with E-state index < -0.39 is 0 Å². The van der Waals surface area contributed by atoms with Crippen molar-refractivity contribution in [3.05, 3.63) is 18.6 Å². The fraction of sp³-hybridized carbons (Fsp3) is 0.500. The van der Waals surface area contributed by atoms with E-state index in [1.807, 2.05) is 0 Å². The molecule has 0 aliphatic carbocycles. The minimum Gasteiger partial charge on any atom is -0.347 e. The van der Waals surface area contributed by atoms with E-state index in [0.717, 1.165) is 28.9 Å². The van der Waals surface area contributed by atoms with Crippen molar-refractivity contribution in [1.82, 2.24) is 20.2 Å². The minimum absolute atomic E-state index is 0.802. The Bertz CT molecular complexity index is 490. The molecule has 0 bridgehead atoms. The number of hydrogen-bond donors (Lipinski definition) is 0. The smallest absolute Gasteiger partial charge is 0.208 e. The molecule has 0 radical (unpaired) electrons. The molecule has 1 saturated heterocycles. The Morgan fingerprint density at radius 2 is 1.83 bits per heavy atom. The Balaban J connectivity index is 1.80. The summed E-state index contributed by atoms with van der Waals surface area (Å²) in [5.41, 5.74) is 0.802. The van der Waals surface area contributed by atoms with Crippen LogP contribution in [-0.2, 0) is 0 Å². The molecule has 3 heterocycles. The zero-order valence-corrected chi connectivity index (χ0v) is 10.9. The Hall–Kier alpha value is -1.56. The van der Waals surface area contributed by atoms with Crippen LogP contribution in [0.1, 0.15) is 25.7 Å². The first-order valence-corrected chi connectivity index (χ1v) is 7.10. The van der Waals surface area contributed by atoms with Crippen molar-refractivity contribution in [3.63, 3.8) is 0 Å². The van der Waals surface area contributed by atoms with E-state index in [1.165, 1.54) is 25.7 Å². The Labute approximate surface area is 110 Å². The molecular formula is C12H15N5S. The van der Waals surface area contributed by atoms with Gasteiger partial charge in [0.1, 0.15) is 5.69 Å². The number of anilines is 1. The van der Waals surface area contributed by atoms with Gasteiger partial charge in [-0.25, -0.2) is 0 Å². The Morgan fingerprint density at radius 1 is 1.00 bits per heavy atom. The zero-order valence-electron chi connectivity index (χ0n) is 10.1. The molecule has 6 heteroatoms. The van der Waals surface area contributed by atoms with Crippen LogP contribution in [0.15, 0.2) is 18.6 Å². The lowest BCUT2D eigenvalue weighted by Gasteiger charge is -2.17. The Kier molecular flexibility index (Phi) is 3.45. The highest BCUT2D eigenvalue weighted by atomic mass is 32.1. The fourth-order valence-electron chi connectivity index (χ4n) is 2.12. The first-order chi connectivity index (χ1) is 8.93. The number of rotatable bonds is 2. The lowest BCUT2D eigenvalue weighted by molar-refractivity contribution is 0.726. The van der Waals surface area contributed by atoms with E-state index in [9.17, 15) is 0 Å². The monoisotopic (exact) mass is 261 g/mol. The van der Waals surface area contributed by atoms with Crippen molar-refractivity contribution < 1.29 is 0 Å². The van der Waals surface area contributed by atoms with Crippen molar-refractivity contribution in [2.24, 2.45) is 0 Å². The third kappa shape index (κ3) is 2.48. The van der Waals surface area contributed by atoms with Gasteiger partial charge in [0.15, 0.2) is 5.01 Å². The van der Waals surface area contributed by atoms with Crippen molar-refractivity contribution >= 4 is 16.5 Å². The summed E-state index contributed by atoms with van der Waals surface area (Å²) >= 11 is 1.60. The van der Waals surface area contributed by atoms with Gasteiger partial charge in [0.25, 0.3) is 0 Å². The first kappa shape index (κ1) is 11.5. The van der Waals surface area contributed by atoms with Crippen molar-refractivity contribution in [3.8, 4) is 10.7 Å². The maximum atomic E-state index is 4.28. The Morgan fingerprint density at radius 3 is 2.56 bits per heavy atom. The summed E-state index contributed by atoms with van der Waals surface area (Å²) in [7, 11) is 0. The number of aromatic nitrogens is 4. The maximum Gasteiger partial charge on any atom is 0.208 e. The van der Waals surface area contributed by atoms with E-state index in [1.54, 1.807) is 29.9 Å². The van der Waals surface area contributed by atoms with Crippen LogP contribution in [0.4, 0.5) is 5.13 Å². The molecule has 18 heavy (non-hydrogen) atoms. The molecule has 1 aliphatic heterocycles. The van der Waals surface area contributed by atoms with Crippen LogP contribution >= 0.6 is 11.3 Å². The first-order valence-electron chi connectivity index (χ1n) is 6.28. The molecule has 0 spiro atoms. The molecule has 5 nitrogen and oxygen atoms in total. The number of nitrogens with zero attached hydrogens (tertiary/aromatic N) is 5. The highest BCUT2D eigenvalue weighted by Gasteiger charge is 2.15. The van der Waals surface area contributed by atoms with Crippen LogP contribution in [0.5, 0.6) is 0 Å². The van der Waals surface area contributed by atoms with E-state index in [0.29, 0.717) is 0 Å². The van der Waals surface area contributed by atoms with Gasteiger partial charge in [0.2, 0.25) is 5.13 Å².